The molecule has 1 aromatic rings. The summed E-state index contributed by atoms with van der Waals surface area (Å²) in [7, 11) is 0. The van der Waals surface area contributed by atoms with Crippen LogP contribution in [0.4, 0.5) is 0 Å². The second-order valence-corrected chi connectivity index (χ2v) is 4.03. The van der Waals surface area contributed by atoms with Crippen molar-refractivity contribution in [2.75, 3.05) is 6.61 Å². The van der Waals surface area contributed by atoms with E-state index >= 15 is 0 Å². The molecule has 1 heterocycles. The third kappa shape index (κ3) is 1.56. The molecule has 0 aliphatic carbocycles. The van der Waals surface area contributed by atoms with Crippen LogP contribution >= 0.6 is 0 Å². The Morgan fingerprint density at radius 1 is 1.36 bits per heavy atom. The molecule has 2 heteroatoms. The van der Waals surface area contributed by atoms with E-state index in [9.17, 15) is 0 Å². The Morgan fingerprint density at radius 3 is 2.79 bits per heavy atom. The van der Waals surface area contributed by atoms with Gasteiger partial charge < -0.3 is 10.5 Å². The summed E-state index contributed by atoms with van der Waals surface area (Å²) in [4.78, 5) is 0. The zero-order valence-corrected chi connectivity index (χ0v) is 8.79. The Kier molecular flexibility index (Phi) is 2.57. The first-order valence-electron chi connectivity index (χ1n) is 5.13. The number of ether oxygens (including phenoxy) is 1. The smallest absolute Gasteiger partial charge is 0.0979 e. The first-order chi connectivity index (χ1) is 6.70. The molecular formula is C12H17NO. The highest BCUT2D eigenvalue weighted by molar-refractivity contribution is 5.35. The van der Waals surface area contributed by atoms with Crippen molar-refractivity contribution in [1.29, 1.82) is 0 Å². The van der Waals surface area contributed by atoms with Crippen LogP contribution in [0.1, 0.15) is 29.2 Å². The van der Waals surface area contributed by atoms with E-state index in [1.165, 1.54) is 16.7 Å². The second-order valence-electron chi connectivity index (χ2n) is 4.03. The lowest BCUT2D eigenvalue weighted by atomic mass is 9.95. The summed E-state index contributed by atoms with van der Waals surface area (Å²) in [5, 5.41) is 0. The van der Waals surface area contributed by atoms with Crippen LogP contribution in [0.5, 0.6) is 0 Å². The maximum absolute atomic E-state index is 6.00. The topological polar surface area (TPSA) is 35.2 Å². The number of rotatable bonds is 1. The van der Waals surface area contributed by atoms with Crippen molar-refractivity contribution in [3.05, 3.63) is 34.9 Å². The van der Waals surface area contributed by atoms with Crippen LogP contribution in [0.25, 0.3) is 0 Å². The molecule has 0 radical (unpaired) electrons. The zero-order valence-electron chi connectivity index (χ0n) is 8.79. The number of hydrogen-bond acceptors (Lipinski definition) is 2. The summed E-state index contributed by atoms with van der Waals surface area (Å²) in [6, 6.07) is 6.49. The van der Waals surface area contributed by atoms with Gasteiger partial charge in [0.1, 0.15) is 0 Å². The lowest BCUT2D eigenvalue weighted by Gasteiger charge is -2.18. The van der Waals surface area contributed by atoms with Crippen LogP contribution < -0.4 is 5.73 Å². The predicted molar refractivity (Wildman–Crippen MR) is 57.2 cm³/mol. The molecule has 2 atom stereocenters. The summed E-state index contributed by atoms with van der Waals surface area (Å²) < 4.78 is 5.66. The van der Waals surface area contributed by atoms with Crippen molar-refractivity contribution in [1.82, 2.24) is 0 Å². The molecule has 14 heavy (non-hydrogen) atoms. The molecule has 1 aromatic carbocycles. The Bertz CT molecular complexity index is 335. The summed E-state index contributed by atoms with van der Waals surface area (Å²) >= 11 is 0. The van der Waals surface area contributed by atoms with Gasteiger partial charge in [-0.25, -0.2) is 0 Å². The highest BCUT2D eigenvalue weighted by atomic mass is 16.5. The molecule has 2 rings (SSSR count). The third-order valence-electron chi connectivity index (χ3n) is 3.09. The molecule has 0 spiro atoms. The molecule has 2 nitrogen and oxygen atoms in total. The van der Waals surface area contributed by atoms with Gasteiger partial charge in [0.2, 0.25) is 0 Å². The van der Waals surface area contributed by atoms with Crippen LogP contribution in [-0.2, 0) is 4.74 Å². The number of hydrogen-bond donors (Lipinski definition) is 1. The summed E-state index contributed by atoms with van der Waals surface area (Å²) in [5.41, 5.74) is 9.89. The van der Waals surface area contributed by atoms with Gasteiger partial charge in [-0.1, -0.05) is 18.2 Å². The normalized spacial score (nSPS) is 26.8. The minimum absolute atomic E-state index is 0.106. The van der Waals surface area contributed by atoms with Gasteiger partial charge >= 0.3 is 0 Å². The van der Waals surface area contributed by atoms with E-state index in [2.05, 4.69) is 32.0 Å². The lowest BCUT2D eigenvalue weighted by Crippen LogP contribution is -2.24. The van der Waals surface area contributed by atoms with Crippen LogP contribution in [0.15, 0.2) is 18.2 Å². The Morgan fingerprint density at radius 2 is 2.14 bits per heavy atom. The van der Waals surface area contributed by atoms with Gasteiger partial charge in [0.05, 0.1) is 6.10 Å². The zero-order chi connectivity index (χ0) is 10.1. The van der Waals surface area contributed by atoms with Crippen LogP contribution in [0, 0.1) is 13.8 Å². The average Bonchev–Trinajstić information content (AvgIpc) is 2.57. The van der Waals surface area contributed by atoms with Gasteiger partial charge in [-0.3, -0.25) is 0 Å². The van der Waals surface area contributed by atoms with Gasteiger partial charge in [-0.05, 0) is 37.0 Å². The standard InChI is InChI=1S/C12H17NO/c1-8-4-3-5-10(9(8)2)12-11(13)6-7-14-12/h3-5,11-12H,6-7,13H2,1-2H3. The van der Waals surface area contributed by atoms with E-state index in [1.807, 2.05) is 0 Å². The Labute approximate surface area is 85.1 Å². The van der Waals surface area contributed by atoms with E-state index in [0.29, 0.717) is 0 Å². The molecule has 1 fully saturated rings. The molecule has 2 unspecified atom stereocenters. The largest absolute Gasteiger partial charge is 0.372 e. The summed E-state index contributed by atoms with van der Waals surface area (Å²) in [5.74, 6) is 0. The van der Waals surface area contributed by atoms with Crippen molar-refractivity contribution in [2.24, 2.45) is 5.73 Å². The van der Waals surface area contributed by atoms with Crippen LogP contribution in [-0.4, -0.2) is 12.6 Å². The van der Waals surface area contributed by atoms with Crippen molar-refractivity contribution >= 4 is 0 Å². The maximum atomic E-state index is 6.00. The lowest BCUT2D eigenvalue weighted by molar-refractivity contribution is 0.104. The van der Waals surface area contributed by atoms with Crippen molar-refractivity contribution in [3.63, 3.8) is 0 Å². The van der Waals surface area contributed by atoms with E-state index in [0.717, 1.165) is 13.0 Å². The molecular weight excluding hydrogens is 174 g/mol. The molecule has 1 saturated heterocycles. The molecule has 0 bridgehead atoms. The van der Waals surface area contributed by atoms with Gasteiger partial charge in [-0.2, -0.15) is 0 Å². The fraction of sp³-hybridized carbons (Fsp3) is 0.500. The van der Waals surface area contributed by atoms with Crippen molar-refractivity contribution in [2.45, 2.75) is 32.4 Å². The van der Waals surface area contributed by atoms with Gasteiger partial charge in [0.25, 0.3) is 0 Å². The molecule has 0 saturated carbocycles. The second kappa shape index (κ2) is 3.71. The first kappa shape index (κ1) is 9.69. The molecule has 0 amide bonds. The number of nitrogens with two attached hydrogens (primary N) is 1. The van der Waals surface area contributed by atoms with E-state index in [4.69, 9.17) is 10.5 Å². The molecule has 76 valence electrons. The highest BCUT2D eigenvalue weighted by Gasteiger charge is 2.27. The average molecular weight is 191 g/mol. The van der Waals surface area contributed by atoms with Crippen molar-refractivity contribution < 1.29 is 4.74 Å². The monoisotopic (exact) mass is 191 g/mol. The van der Waals surface area contributed by atoms with Crippen LogP contribution in [0.2, 0.25) is 0 Å². The molecule has 2 N–H and O–H groups in total. The highest BCUT2D eigenvalue weighted by Crippen LogP contribution is 2.30. The van der Waals surface area contributed by atoms with E-state index in [1.54, 1.807) is 0 Å². The third-order valence-corrected chi connectivity index (χ3v) is 3.09. The summed E-state index contributed by atoms with van der Waals surface area (Å²) in [6.07, 6.45) is 1.08. The van der Waals surface area contributed by atoms with Gasteiger partial charge in [0.15, 0.2) is 0 Å². The van der Waals surface area contributed by atoms with Crippen LogP contribution in [0.3, 0.4) is 0 Å². The minimum Gasteiger partial charge on any atom is -0.372 e. The predicted octanol–water partition coefficient (Wildman–Crippen LogP) is 2.09. The maximum Gasteiger partial charge on any atom is 0.0979 e. The quantitative estimate of drug-likeness (QED) is 0.737. The SMILES string of the molecule is Cc1cccc(C2OCCC2N)c1C. The fourth-order valence-electron chi connectivity index (χ4n) is 2.01. The molecule has 0 aromatic heterocycles. The van der Waals surface area contributed by atoms with E-state index < -0.39 is 0 Å². The Balaban J connectivity index is 2.36. The first-order valence-corrected chi connectivity index (χ1v) is 5.13. The summed E-state index contributed by atoms with van der Waals surface area (Å²) in [6.45, 7) is 5.05. The van der Waals surface area contributed by atoms with E-state index in [-0.39, 0.29) is 12.1 Å². The molecule has 1 aliphatic heterocycles. The van der Waals surface area contributed by atoms with Gasteiger partial charge in [0, 0.05) is 12.6 Å². The molecule has 1 aliphatic rings. The van der Waals surface area contributed by atoms with Crippen molar-refractivity contribution in [3.8, 4) is 0 Å². The number of benzene rings is 1. The van der Waals surface area contributed by atoms with Gasteiger partial charge in [-0.15, -0.1) is 0 Å². The Hall–Kier alpha value is -0.860. The minimum atomic E-state index is 0.106. The number of aryl methyl sites for hydroxylation is 1. The fourth-order valence-corrected chi connectivity index (χ4v) is 2.01.